The molecule has 0 aromatic heterocycles. The van der Waals surface area contributed by atoms with Crippen LogP contribution in [0.1, 0.15) is 12.5 Å². The summed E-state index contributed by atoms with van der Waals surface area (Å²) in [6, 6.07) is 5.90. The first-order valence-electron chi connectivity index (χ1n) is 4.74. The van der Waals surface area contributed by atoms with Crippen molar-refractivity contribution in [2.75, 3.05) is 0 Å². The second kappa shape index (κ2) is 5.16. The smallest absolute Gasteiger partial charge is 0.126 e. The van der Waals surface area contributed by atoms with E-state index in [1.54, 1.807) is 25.1 Å². The van der Waals surface area contributed by atoms with E-state index in [2.05, 4.69) is 13.2 Å². The SMILES string of the molecule is C=C(N)/C=C(\C)OC(=C)c1ccc(F)cc1. The van der Waals surface area contributed by atoms with Crippen LogP contribution in [0.3, 0.4) is 0 Å². The van der Waals surface area contributed by atoms with Gasteiger partial charge in [0.25, 0.3) is 0 Å². The fourth-order valence-corrected chi connectivity index (χ4v) is 1.18. The van der Waals surface area contributed by atoms with Crippen molar-refractivity contribution in [2.24, 2.45) is 5.73 Å². The van der Waals surface area contributed by atoms with Crippen LogP contribution in [-0.4, -0.2) is 0 Å². The zero-order valence-corrected chi connectivity index (χ0v) is 9.16. The van der Waals surface area contributed by atoms with Gasteiger partial charge in [-0.1, -0.05) is 13.2 Å². The summed E-state index contributed by atoms with van der Waals surface area (Å²) in [5, 5.41) is 0. The summed E-state index contributed by atoms with van der Waals surface area (Å²) < 4.78 is 18.1. The van der Waals surface area contributed by atoms with Gasteiger partial charge in [-0.05, 0) is 37.3 Å². The second-order valence-electron chi connectivity index (χ2n) is 3.36. The molecule has 1 aromatic rings. The Hall–Kier alpha value is -2.03. The van der Waals surface area contributed by atoms with Crippen LogP contribution in [0.15, 0.2) is 55.0 Å². The van der Waals surface area contributed by atoms with E-state index < -0.39 is 0 Å². The highest BCUT2D eigenvalue weighted by molar-refractivity contribution is 5.58. The average Bonchev–Trinajstić information content (AvgIpc) is 2.16. The van der Waals surface area contributed by atoms with E-state index in [0.29, 0.717) is 17.2 Å². The van der Waals surface area contributed by atoms with Crippen molar-refractivity contribution in [3.63, 3.8) is 0 Å². The molecule has 3 heteroatoms. The number of rotatable bonds is 4. The summed E-state index contributed by atoms with van der Waals surface area (Å²) in [5.74, 6) is 0.732. The lowest BCUT2D eigenvalue weighted by Gasteiger charge is -2.09. The molecule has 0 aliphatic heterocycles. The molecule has 2 nitrogen and oxygen atoms in total. The highest BCUT2D eigenvalue weighted by atomic mass is 19.1. The largest absolute Gasteiger partial charge is 0.462 e. The minimum Gasteiger partial charge on any atom is -0.462 e. The molecule has 16 heavy (non-hydrogen) atoms. The van der Waals surface area contributed by atoms with Gasteiger partial charge < -0.3 is 10.5 Å². The van der Waals surface area contributed by atoms with Crippen molar-refractivity contribution in [1.82, 2.24) is 0 Å². The third-order valence-electron chi connectivity index (χ3n) is 1.84. The van der Waals surface area contributed by atoms with E-state index in [-0.39, 0.29) is 5.82 Å². The Morgan fingerprint density at radius 2 is 1.88 bits per heavy atom. The fraction of sp³-hybridized carbons (Fsp3) is 0.0769. The maximum atomic E-state index is 12.7. The molecule has 0 heterocycles. The number of halogens is 1. The van der Waals surface area contributed by atoms with E-state index in [9.17, 15) is 4.39 Å². The molecule has 0 saturated carbocycles. The molecule has 0 spiro atoms. The van der Waals surface area contributed by atoms with E-state index in [0.717, 1.165) is 5.56 Å². The van der Waals surface area contributed by atoms with Crippen LogP contribution < -0.4 is 5.73 Å². The highest BCUT2D eigenvalue weighted by Gasteiger charge is 2.01. The molecule has 1 rings (SSSR count). The summed E-state index contributed by atoms with van der Waals surface area (Å²) >= 11 is 0. The first kappa shape index (κ1) is 12.0. The Kier molecular flexibility index (Phi) is 3.89. The van der Waals surface area contributed by atoms with Gasteiger partial charge >= 0.3 is 0 Å². The number of hydrogen-bond acceptors (Lipinski definition) is 2. The maximum absolute atomic E-state index is 12.7. The maximum Gasteiger partial charge on any atom is 0.126 e. The molecular weight excluding hydrogens is 205 g/mol. The summed E-state index contributed by atoms with van der Waals surface area (Å²) in [6.07, 6.45) is 1.59. The first-order chi connectivity index (χ1) is 7.49. The molecule has 0 fully saturated rings. The number of ether oxygens (including phenoxy) is 1. The molecule has 0 atom stereocenters. The number of benzene rings is 1. The minimum atomic E-state index is -0.292. The third-order valence-corrected chi connectivity index (χ3v) is 1.84. The van der Waals surface area contributed by atoms with Gasteiger partial charge in [0.1, 0.15) is 17.3 Å². The molecule has 0 radical (unpaired) electrons. The molecule has 2 N–H and O–H groups in total. The summed E-state index contributed by atoms with van der Waals surface area (Å²) in [7, 11) is 0. The molecule has 0 unspecified atom stereocenters. The normalized spacial score (nSPS) is 11.0. The van der Waals surface area contributed by atoms with Crippen molar-refractivity contribution >= 4 is 5.76 Å². The van der Waals surface area contributed by atoms with Crippen LogP contribution in [0.4, 0.5) is 4.39 Å². The van der Waals surface area contributed by atoms with Gasteiger partial charge in [0.2, 0.25) is 0 Å². The summed E-state index contributed by atoms with van der Waals surface area (Å²) in [4.78, 5) is 0. The van der Waals surface area contributed by atoms with Crippen LogP contribution in [0.2, 0.25) is 0 Å². The monoisotopic (exact) mass is 219 g/mol. The Morgan fingerprint density at radius 3 is 2.38 bits per heavy atom. The molecule has 0 bridgehead atoms. The van der Waals surface area contributed by atoms with Crippen molar-refractivity contribution < 1.29 is 9.13 Å². The van der Waals surface area contributed by atoms with E-state index >= 15 is 0 Å². The van der Waals surface area contributed by atoms with Gasteiger partial charge in [-0.3, -0.25) is 0 Å². The zero-order chi connectivity index (χ0) is 12.1. The van der Waals surface area contributed by atoms with Gasteiger partial charge in [-0.2, -0.15) is 0 Å². The zero-order valence-electron chi connectivity index (χ0n) is 9.16. The van der Waals surface area contributed by atoms with Crippen molar-refractivity contribution in [2.45, 2.75) is 6.92 Å². The molecule has 0 aliphatic carbocycles. The van der Waals surface area contributed by atoms with Crippen molar-refractivity contribution in [1.29, 1.82) is 0 Å². The Bertz CT molecular complexity index is 432. The molecular formula is C13H14FNO. The van der Waals surface area contributed by atoms with E-state index in [1.807, 2.05) is 0 Å². The summed E-state index contributed by atoms with van der Waals surface area (Å²) in [5.41, 5.74) is 6.52. The molecule has 0 amide bonds. The number of hydrogen-bond donors (Lipinski definition) is 1. The van der Waals surface area contributed by atoms with Crippen molar-refractivity contribution in [3.05, 3.63) is 66.3 Å². The molecule has 84 valence electrons. The lowest BCUT2D eigenvalue weighted by Crippen LogP contribution is -1.94. The van der Waals surface area contributed by atoms with E-state index in [4.69, 9.17) is 10.5 Å². The first-order valence-corrected chi connectivity index (χ1v) is 4.74. The van der Waals surface area contributed by atoms with Crippen LogP contribution >= 0.6 is 0 Å². The van der Waals surface area contributed by atoms with Gasteiger partial charge in [0.05, 0.1) is 0 Å². The lowest BCUT2D eigenvalue weighted by molar-refractivity contribution is 0.385. The minimum absolute atomic E-state index is 0.292. The second-order valence-corrected chi connectivity index (χ2v) is 3.36. The predicted octanol–water partition coefficient (Wildman–Crippen LogP) is 3.19. The van der Waals surface area contributed by atoms with Crippen LogP contribution in [0.25, 0.3) is 5.76 Å². The topological polar surface area (TPSA) is 35.2 Å². The number of allylic oxidation sites excluding steroid dienone is 2. The van der Waals surface area contributed by atoms with Gasteiger partial charge in [-0.25, -0.2) is 4.39 Å². The lowest BCUT2D eigenvalue weighted by atomic mass is 10.2. The van der Waals surface area contributed by atoms with E-state index in [1.165, 1.54) is 12.1 Å². The molecule has 0 aliphatic rings. The van der Waals surface area contributed by atoms with Crippen LogP contribution in [0.5, 0.6) is 0 Å². The average molecular weight is 219 g/mol. The quantitative estimate of drug-likeness (QED) is 0.623. The predicted molar refractivity (Wildman–Crippen MR) is 63.6 cm³/mol. The van der Waals surface area contributed by atoms with Gasteiger partial charge in [-0.15, -0.1) is 0 Å². The van der Waals surface area contributed by atoms with Gasteiger partial charge in [0.15, 0.2) is 0 Å². The Labute approximate surface area is 94.5 Å². The van der Waals surface area contributed by atoms with Crippen LogP contribution in [-0.2, 0) is 4.74 Å². The standard InChI is InChI=1S/C13H14FNO/c1-9(15)8-10(2)16-11(3)12-4-6-13(14)7-5-12/h4-8H,1,3,15H2,2H3/b10-8+. The van der Waals surface area contributed by atoms with Crippen molar-refractivity contribution in [3.8, 4) is 0 Å². The summed E-state index contributed by atoms with van der Waals surface area (Å²) in [6.45, 7) is 9.02. The molecule has 1 aromatic carbocycles. The number of nitrogens with two attached hydrogens (primary N) is 1. The Morgan fingerprint density at radius 1 is 1.31 bits per heavy atom. The molecule has 0 saturated heterocycles. The Balaban J connectivity index is 2.73. The van der Waals surface area contributed by atoms with Crippen LogP contribution in [0, 0.1) is 5.82 Å². The third kappa shape index (κ3) is 3.61. The highest BCUT2D eigenvalue weighted by Crippen LogP contribution is 2.17. The van der Waals surface area contributed by atoms with Gasteiger partial charge in [0, 0.05) is 11.3 Å². The fourth-order valence-electron chi connectivity index (χ4n) is 1.18.